The lowest BCUT2D eigenvalue weighted by Crippen LogP contribution is -2.59. The van der Waals surface area contributed by atoms with Crippen molar-refractivity contribution >= 4 is 51.1 Å². The number of nitrogens with one attached hydrogen (secondary N) is 1. The van der Waals surface area contributed by atoms with Gasteiger partial charge in [-0.1, -0.05) is 24.2 Å². The molecule has 2 aliphatic rings. The Morgan fingerprint density at radius 3 is 2.52 bits per heavy atom. The molecule has 2 aliphatic heterocycles. The summed E-state index contributed by atoms with van der Waals surface area (Å²) in [4.78, 5) is 33.3. The minimum absolute atomic E-state index is 0.110. The first kappa shape index (κ1) is 28.4. The number of aromatic nitrogens is 3. The van der Waals surface area contributed by atoms with Gasteiger partial charge in [0, 0.05) is 72.4 Å². The van der Waals surface area contributed by atoms with E-state index in [0.29, 0.717) is 65.8 Å². The minimum atomic E-state index is -0.584. The summed E-state index contributed by atoms with van der Waals surface area (Å²) in [6.45, 7) is 11.9. The van der Waals surface area contributed by atoms with Gasteiger partial charge in [0.1, 0.15) is 17.2 Å². The standard InChI is InChI=1S/C31H34ClF2N7O/c1-7-24(42)40-12-18(4)41(13-17(40)3)30-21-10-22(32)26(25-16(2)8-9-20-23(33)11-35-28(20)25)27(34)29(21)36-31(37-30)39-14-19(15-39)38(5)6/h7-11,17-19,35H,1,12-15H2,2-6H3/t17-,18+/m1/s1. The predicted octanol–water partition coefficient (Wildman–Crippen LogP) is 5.38. The molecule has 8 nitrogen and oxygen atoms in total. The molecule has 4 heterocycles. The number of hydrogen-bond donors (Lipinski definition) is 1. The van der Waals surface area contributed by atoms with Gasteiger partial charge in [-0.2, -0.15) is 4.98 Å². The number of fused-ring (bicyclic) bond motifs is 2. The Hall–Kier alpha value is -3.76. The van der Waals surface area contributed by atoms with Crippen molar-refractivity contribution in [3.05, 3.63) is 59.3 Å². The van der Waals surface area contributed by atoms with Crippen LogP contribution in [0.4, 0.5) is 20.5 Å². The fourth-order valence-corrected chi connectivity index (χ4v) is 6.43. The summed E-state index contributed by atoms with van der Waals surface area (Å²) in [7, 11) is 4.06. The van der Waals surface area contributed by atoms with Crippen LogP contribution in [-0.2, 0) is 4.79 Å². The highest BCUT2D eigenvalue weighted by Crippen LogP contribution is 2.43. The van der Waals surface area contributed by atoms with Crippen molar-refractivity contribution in [3.8, 4) is 11.1 Å². The third kappa shape index (κ3) is 4.48. The number of hydrogen-bond acceptors (Lipinski definition) is 6. The smallest absolute Gasteiger partial charge is 0.246 e. The number of benzene rings is 2. The van der Waals surface area contributed by atoms with Crippen LogP contribution in [0.2, 0.25) is 5.02 Å². The molecule has 0 unspecified atom stereocenters. The van der Waals surface area contributed by atoms with Gasteiger partial charge in [0.2, 0.25) is 11.9 Å². The summed E-state index contributed by atoms with van der Waals surface area (Å²) in [5.74, 6) is -0.115. The number of H-pyrrole nitrogens is 1. The van der Waals surface area contributed by atoms with Crippen molar-refractivity contribution in [2.24, 2.45) is 0 Å². The summed E-state index contributed by atoms with van der Waals surface area (Å²) in [6, 6.07) is 5.26. The fraction of sp³-hybridized carbons (Fsp3) is 0.387. The monoisotopic (exact) mass is 593 g/mol. The molecule has 2 saturated heterocycles. The SMILES string of the molecule is C=CC(=O)N1C[C@H](C)N(c2nc(N3CC(N(C)C)C3)nc3c(F)c(-c4c(C)ccc5c(F)c[nH]c45)c(Cl)cc23)C[C@H]1C. The number of halogens is 3. The highest BCUT2D eigenvalue weighted by Gasteiger charge is 2.36. The number of rotatable bonds is 5. The molecule has 0 saturated carbocycles. The van der Waals surface area contributed by atoms with Gasteiger partial charge in [0.25, 0.3) is 0 Å². The van der Waals surface area contributed by atoms with Crippen molar-refractivity contribution in [2.75, 3.05) is 50.1 Å². The summed E-state index contributed by atoms with van der Waals surface area (Å²) in [5.41, 5.74) is 2.04. The Labute approximate surface area is 248 Å². The second kappa shape index (κ2) is 10.5. The van der Waals surface area contributed by atoms with Crippen LogP contribution in [0.25, 0.3) is 32.9 Å². The van der Waals surface area contributed by atoms with Gasteiger partial charge in [-0.25, -0.2) is 13.8 Å². The summed E-state index contributed by atoms with van der Waals surface area (Å²) in [5, 5.41) is 1.03. The van der Waals surface area contributed by atoms with Crippen molar-refractivity contribution in [2.45, 2.75) is 38.9 Å². The zero-order valence-electron chi connectivity index (χ0n) is 24.4. The van der Waals surface area contributed by atoms with Crippen LogP contribution in [0.15, 0.2) is 37.1 Å². The number of anilines is 2. The van der Waals surface area contributed by atoms with E-state index in [1.807, 2.05) is 39.8 Å². The van der Waals surface area contributed by atoms with Crippen LogP contribution >= 0.6 is 11.6 Å². The first-order valence-electron chi connectivity index (χ1n) is 14.1. The van der Waals surface area contributed by atoms with E-state index in [0.717, 1.165) is 5.56 Å². The topological polar surface area (TPSA) is 71.6 Å². The molecule has 2 aromatic carbocycles. The van der Waals surface area contributed by atoms with Gasteiger partial charge in [0.05, 0.1) is 10.5 Å². The molecule has 4 aromatic rings. The molecule has 1 N–H and O–H groups in total. The first-order chi connectivity index (χ1) is 20.0. The maximum Gasteiger partial charge on any atom is 0.246 e. The van der Waals surface area contributed by atoms with E-state index in [2.05, 4.69) is 21.4 Å². The second-order valence-electron chi connectivity index (χ2n) is 11.7. The lowest BCUT2D eigenvalue weighted by Gasteiger charge is -2.45. The first-order valence-corrected chi connectivity index (χ1v) is 14.4. The molecule has 1 amide bonds. The number of amides is 1. The van der Waals surface area contributed by atoms with Gasteiger partial charge in [0.15, 0.2) is 5.82 Å². The summed E-state index contributed by atoms with van der Waals surface area (Å²) in [6.07, 6.45) is 2.60. The van der Waals surface area contributed by atoms with Gasteiger partial charge < -0.3 is 24.6 Å². The molecule has 0 spiro atoms. The third-order valence-corrected chi connectivity index (χ3v) is 9.00. The highest BCUT2D eigenvalue weighted by molar-refractivity contribution is 6.35. The molecule has 2 fully saturated rings. The zero-order chi connectivity index (χ0) is 30.0. The van der Waals surface area contributed by atoms with Gasteiger partial charge in [-0.15, -0.1) is 0 Å². The maximum atomic E-state index is 16.8. The average Bonchev–Trinajstić information content (AvgIpc) is 3.29. The number of likely N-dealkylation sites (N-methyl/N-ethyl adjacent to an activating group) is 1. The molecule has 0 bridgehead atoms. The number of carbonyl (C=O) groups is 1. The van der Waals surface area contributed by atoms with Crippen molar-refractivity contribution in [1.82, 2.24) is 24.8 Å². The maximum absolute atomic E-state index is 16.8. The lowest BCUT2D eigenvalue weighted by atomic mass is 9.96. The molecular formula is C31H34ClF2N7O. The second-order valence-corrected chi connectivity index (χ2v) is 12.1. The van der Waals surface area contributed by atoms with Crippen LogP contribution in [0.1, 0.15) is 19.4 Å². The average molecular weight is 594 g/mol. The predicted molar refractivity (Wildman–Crippen MR) is 164 cm³/mol. The highest BCUT2D eigenvalue weighted by atomic mass is 35.5. The Kier molecular flexibility index (Phi) is 7.09. The molecule has 2 atom stereocenters. The Morgan fingerprint density at radius 1 is 1.10 bits per heavy atom. The third-order valence-electron chi connectivity index (χ3n) is 8.71. The van der Waals surface area contributed by atoms with E-state index >= 15 is 4.39 Å². The lowest BCUT2D eigenvalue weighted by molar-refractivity contribution is -0.128. The van der Waals surface area contributed by atoms with Crippen LogP contribution in [0.3, 0.4) is 0 Å². The zero-order valence-corrected chi connectivity index (χ0v) is 25.1. The largest absolute Gasteiger partial charge is 0.358 e. The molecule has 6 rings (SSSR count). The Bertz CT molecular complexity index is 1730. The number of aryl methyl sites for hydroxylation is 1. The molecule has 220 valence electrons. The minimum Gasteiger partial charge on any atom is -0.358 e. The van der Waals surface area contributed by atoms with E-state index in [-0.39, 0.29) is 34.1 Å². The van der Waals surface area contributed by atoms with Crippen molar-refractivity contribution in [3.63, 3.8) is 0 Å². The van der Waals surface area contributed by atoms with Gasteiger partial charge >= 0.3 is 0 Å². The summed E-state index contributed by atoms with van der Waals surface area (Å²) >= 11 is 6.87. The van der Waals surface area contributed by atoms with Crippen molar-refractivity contribution < 1.29 is 13.6 Å². The molecule has 0 aliphatic carbocycles. The molecular weight excluding hydrogens is 560 g/mol. The van der Waals surface area contributed by atoms with Crippen LogP contribution in [-0.4, -0.2) is 89.1 Å². The number of nitrogens with zero attached hydrogens (tertiary/aromatic N) is 6. The Morgan fingerprint density at radius 2 is 1.83 bits per heavy atom. The van der Waals surface area contributed by atoms with Crippen LogP contribution < -0.4 is 9.80 Å². The van der Waals surface area contributed by atoms with Crippen LogP contribution in [0.5, 0.6) is 0 Å². The van der Waals surface area contributed by atoms with E-state index in [1.54, 1.807) is 23.1 Å². The number of carbonyl (C=O) groups excluding carboxylic acids is 1. The number of aromatic amines is 1. The number of piperazine rings is 1. The van der Waals surface area contributed by atoms with E-state index in [9.17, 15) is 9.18 Å². The molecule has 2 aromatic heterocycles. The van der Waals surface area contributed by atoms with E-state index in [1.165, 1.54) is 12.3 Å². The van der Waals surface area contributed by atoms with Crippen molar-refractivity contribution in [1.29, 1.82) is 0 Å². The molecule has 0 radical (unpaired) electrons. The van der Waals surface area contributed by atoms with E-state index < -0.39 is 11.6 Å². The Balaban J connectivity index is 1.55. The van der Waals surface area contributed by atoms with E-state index in [4.69, 9.17) is 21.6 Å². The molecule has 42 heavy (non-hydrogen) atoms. The van der Waals surface area contributed by atoms with Crippen LogP contribution in [0, 0.1) is 18.6 Å². The summed E-state index contributed by atoms with van der Waals surface area (Å²) < 4.78 is 31.4. The van der Waals surface area contributed by atoms with Gasteiger partial charge in [-0.05, 0) is 58.6 Å². The molecule has 11 heteroatoms. The fourth-order valence-electron chi connectivity index (χ4n) is 6.14. The normalized spacial score (nSPS) is 19.7. The quantitative estimate of drug-likeness (QED) is 0.313. The van der Waals surface area contributed by atoms with Gasteiger partial charge in [-0.3, -0.25) is 4.79 Å².